The van der Waals surface area contributed by atoms with Crippen molar-refractivity contribution in [2.24, 2.45) is 0 Å². The van der Waals surface area contributed by atoms with Crippen LogP contribution in [0.2, 0.25) is 0 Å². The van der Waals surface area contributed by atoms with E-state index in [2.05, 4.69) is 10.3 Å². The van der Waals surface area contributed by atoms with Gasteiger partial charge in [-0.15, -0.1) is 0 Å². The molecule has 2 heterocycles. The average Bonchev–Trinajstić information content (AvgIpc) is 2.81. The van der Waals surface area contributed by atoms with Crippen LogP contribution in [0.25, 0.3) is 5.69 Å². The molecule has 21 heavy (non-hydrogen) atoms. The smallest absolute Gasteiger partial charge is 0.311 e. The highest BCUT2D eigenvalue weighted by Crippen LogP contribution is 2.34. The normalized spacial score (nSPS) is 15.1. The number of fused-ring (bicyclic) bond motifs is 1. The Labute approximate surface area is 116 Å². The molecule has 0 spiro atoms. The summed E-state index contributed by atoms with van der Waals surface area (Å²) < 4.78 is 67.3. The lowest BCUT2D eigenvalue weighted by molar-refractivity contribution is -0.146. The van der Waals surface area contributed by atoms with Gasteiger partial charge in [0.05, 0.1) is 11.4 Å². The third-order valence-electron chi connectivity index (χ3n) is 3.31. The van der Waals surface area contributed by atoms with Crippen LogP contribution >= 0.6 is 0 Å². The third-order valence-corrected chi connectivity index (χ3v) is 3.31. The van der Waals surface area contributed by atoms with Gasteiger partial charge in [0.1, 0.15) is 0 Å². The second-order valence-corrected chi connectivity index (χ2v) is 4.66. The van der Waals surface area contributed by atoms with Crippen molar-refractivity contribution >= 4 is 0 Å². The maximum absolute atomic E-state index is 13.9. The molecule has 0 saturated heterocycles. The van der Waals surface area contributed by atoms with E-state index in [4.69, 9.17) is 0 Å². The van der Waals surface area contributed by atoms with E-state index in [9.17, 15) is 22.0 Å². The molecule has 0 radical (unpaired) electrons. The number of benzene rings is 1. The Kier molecular flexibility index (Phi) is 3.20. The van der Waals surface area contributed by atoms with Crippen molar-refractivity contribution in [2.45, 2.75) is 19.1 Å². The highest BCUT2D eigenvalue weighted by molar-refractivity contribution is 5.41. The lowest BCUT2D eigenvalue weighted by atomic mass is 10.1. The summed E-state index contributed by atoms with van der Waals surface area (Å²) in [6.45, 7) is 0.620. The summed E-state index contributed by atoms with van der Waals surface area (Å²) in [6, 6.07) is 3.13. The minimum atomic E-state index is -4.75. The van der Waals surface area contributed by atoms with Crippen molar-refractivity contribution < 1.29 is 22.0 Å². The number of hydrogen-bond donors (Lipinski definition) is 1. The molecular weight excluding hydrogens is 293 g/mol. The molecule has 112 valence electrons. The highest BCUT2D eigenvalue weighted by Gasteiger charge is 2.40. The third kappa shape index (κ3) is 2.29. The molecule has 0 saturated carbocycles. The van der Waals surface area contributed by atoms with Crippen LogP contribution in [0.15, 0.2) is 18.2 Å². The summed E-state index contributed by atoms with van der Waals surface area (Å²) in [5.41, 5.74) is -0.0132. The molecule has 1 aromatic heterocycles. The van der Waals surface area contributed by atoms with Crippen molar-refractivity contribution in [2.75, 3.05) is 6.54 Å². The average molecular weight is 303 g/mol. The molecule has 1 aromatic carbocycles. The first-order valence-corrected chi connectivity index (χ1v) is 6.22. The SMILES string of the molecule is Fc1cccc(-n2c(C(F)(F)F)nc3c2CCNC3)c1F. The number of hydrogen-bond acceptors (Lipinski definition) is 2. The van der Waals surface area contributed by atoms with Crippen LogP contribution in [0.5, 0.6) is 0 Å². The van der Waals surface area contributed by atoms with Crippen molar-refractivity contribution in [3.8, 4) is 5.69 Å². The lowest BCUT2D eigenvalue weighted by Gasteiger charge is -2.17. The number of nitrogens with one attached hydrogen (secondary N) is 1. The van der Waals surface area contributed by atoms with E-state index in [0.717, 1.165) is 12.1 Å². The molecule has 0 amide bonds. The van der Waals surface area contributed by atoms with E-state index in [1.807, 2.05) is 0 Å². The van der Waals surface area contributed by atoms with Crippen molar-refractivity contribution in [3.05, 3.63) is 47.0 Å². The topological polar surface area (TPSA) is 29.9 Å². The van der Waals surface area contributed by atoms with Crippen molar-refractivity contribution in [3.63, 3.8) is 0 Å². The summed E-state index contributed by atoms with van der Waals surface area (Å²) in [5.74, 6) is -3.75. The monoisotopic (exact) mass is 303 g/mol. The highest BCUT2D eigenvalue weighted by atomic mass is 19.4. The second-order valence-electron chi connectivity index (χ2n) is 4.66. The first kappa shape index (κ1) is 14.0. The van der Waals surface area contributed by atoms with Gasteiger partial charge in [0, 0.05) is 25.2 Å². The van der Waals surface area contributed by atoms with Gasteiger partial charge in [-0.2, -0.15) is 13.2 Å². The van der Waals surface area contributed by atoms with Gasteiger partial charge in [-0.25, -0.2) is 13.8 Å². The fourth-order valence-corrected chi connectivity index (χ4v) is 2.43. The van der Waals surface area contributed by atoms with E-state index in [1.165, 1.54) is 6.07 Å². The molecule has 2 aromatic rings. The standard InChI is InChI=1S/C13H10F5N3/c14-7-2-1-3-10(11(7)15)21-9-4-5-19-6-8(9)20-12(21)13(16,17)18/h1-3,19H,4-6H2. The molecule has 1 aliphatic rings. The molecule has 0 atom stereocenters. The molecule has 3 rings (SSSR count). The Morgan fingerprint density at radius 1 is 1.19 bits per heavy atom. The molecule has 1 aliphatic heterocycles. The molecule has 0 bridgehead atoms. The van der Waals surface area contributed by atoms with Gasteiger partial charge in [0.25, 0.3) is 0 Å². The Morgan fingerprint density at radius 2 is 1.95 bits per heavy atom. The van der Waals surface area contributed by atoms with Gasteiger partial charge < -0.3 is 5.32 Å². The van der Waals surface area contributed by atoms with Crippen LogP contribution in [0.4, 0.5) is 22.0 Å². The zero-order chi connectivity index (χ0) is 15.2. The van der Waals surface area contributed by atoms with Crippen LogP contribution < -0.4 is 5.32 Å². The zero-order valence-electron chi connectivity index (χ0n) is 10.6. The van der Waals surface area contributed by atoms with E-state index in [0.29, 0.717) is 11.1 Å². The number of alkyl halides is 3. The minimum absolute atomic E-state index is 0.169. The predicted octanol–water partition coefficient (Wildman–Crippen LogP) is 2.82. The maximum Gasteiger partial charge on any atom is 0.450 e. The van der Waals surface area contributed by atoms with Gasteiger partial charge in [-0.05, 0) is 12.1 Å². The first-order valence-electron chi connectivity index (χ1n) is 6.22. The van der Waals surface area contributed by atoms with Gasteiger partial charge in [-0.3, -0.25) is 4.57 Å². The van der Waals surface area contributed by atoms with E-state index >= 15 is 0 Å². The minimum Gasteiger partial charge on any atom is -0.311 e. The summed E-state index contributed by atoms with van der Waals surface area (Å²) in [5, 5.41) is 2.90. The molecule has 1 N–H and O–H groups in total. The summed E-state index contributed by atoms with van der Waals surface area (Å²) in [6.07, 6.45) is -4.50. The summed E-state index contributed by atoms with van der Waals surface area (Å²) in [4.78, 5) is 3.56. The molecule has 0 unspecified atom stereocenters. The number of rotatable bonds is 1. The largest absolute Gasteiger partial charge is 0.450 e. The van der Waals surface area contributed by atoms with Gasteiger partial charge in [0.15, 0.2) is 11.6 Å². The second kappa shape index (κ2) is 4.80. The Morgan fingerprint density at radius 3 is 2.67 bits per heavy atom. The zero-order valence-corrected chi connectivity index (χ0v) is 10.6. The first-order chi connectivity index (χ1) is 9.89. The lowest BCUT2D eigenvalue weighted by Crippen LogP contribution is -2.25. The number of aromatic nitrogens is 2. The van der Waals surface area contributed by atoms with Crippen LogP contribution in [0.3, 0.4) is 0 Å². The van der Waals surface area contributed by atoms with E-state index < -0.39 is 29.3 Å². The fourth-order valence-electron chi connectivity index (χ4n) is 2.43. The quantitative estimate of drug-likeness (QED) is 0.821. The van der Waals surface area contributed by atoms with Crippen LogP contribution in [0, 0.1) is 11.6 Å². The maximum atomic E-state index is 13.9. The van der Waals surface area contributed by atoms with E-state index in [1.54, 1.807) is 0 Å². The van der Waals surface area contributed by atoms with Crippen LogP contribution in [-0.2, 0) is 19.1 Å². The van der Waals surface area contributed by atoms with Crippen LogP contribution in [0.1, 0.15) is 17.2 Å². The van der Waals surface area contributed by atoms with Crippen molar-refractivity contribution in [1.82, 2.24) is 14.9 Å². The molecule has 3 nitrogen and oxygen atoms in total. The molecule has 8 heteroatoms. The predicted molar refractivity (Wildman–Crippen MR) is 63.9 cm³/mol. The molecule has 0 aliphatic carbocycles. The Balaban J connectivity index is 2.30. The summed E-state index contributed by atoms with van der Waals surface area (Å²) in [7, 11) is 0. The van der Waals surface area contributed by atoms with Gasteiger partial charge in [0.2, 0.25) is 5.82 Å². The number of imidazole rings is 1. The number of nitrogens with zero attached hydrogens (tertiary/aromatic N) is 2. The molecule has 0 fully saturated rings. The van der Waals surface area contributed by atoms with E-state index in [-0.39, 0.29) is 24.4 Å². The fraction of sp³-hybridized carbons (Fsp3) is 0.308. The van der Waals surface area contributed by atoms with Gasteiger partial charge in [-0.1, -0.05) is 6.07 Å². The summed E-state index contributed by atoms with van der Waals surface area (Å²) >= 11 is 0. The molecular formula is C13H10F5N3. The van der Waals surface area contributed by atoms with Crippen molar-refractivity contribution in [1.29, 1.82) is 0 Å². The Hall–Kier alpha value is -1.96. The van der Waals surface area contributed by atoms with Crippen LogP contribution in [-0.4, -0.2) is 16.1 Å². The Bertz CT molecular complexity index is 690. The van der Waals surface area contributed by atoms with Gasteiger partial charge >= 0.3 is 6.18 Å². The number of halogens is 5.